The number of hydrogen-bond acceptors (Lipinski definition) is 7. The number of aryl methyl sites for hydroxylation is 1. The number of hydrogen-bond donors (Lipinski definition) is 2. The highest BCUT2D eigenvalue weighted by Crippen LogP contribution is 2.30. The lowest BCUT2D eigenvalue weighted by atomic mass is 9.91. The number of nitrogens with zero attached hydrogens (tertiary/aromatic N) is 2. The number of imide groups is 1. The van der Waals surface area contributed by atoms with E-state index in [4.69, 9.17) is 10.00 Å². The van der Waals surface area contributed by atoms with Crippen molar-refractivity contribution in [1.82, 2.24) is 10.2 Å². The highest BCUT2D eigenvalue weighted by atomic mass is 32.1. The Bertz CT molecular complexity index is 1120. The number of urea groups is 1. The van der Waals surface area contributed by atoms with E-state index < -0.39 is 35.9 Å². The first-order valence-corrected chi connectivity index (χ1v) is 10.2. The van der Waals surface area contributed by atoms with Gasteiger partial charge in [-0.1, -0.05) is 12.1 Å². The van der Waals surface area contributed by atoms with Crippen LogP contribution >= 0.6 is 11.3 Å². The van der Waals surface area contributed by atoms with E-state index in [1.807, 2.05) is 6.07 Å². The summed E-state index contributed by atoms with van der Waals surface area (Å²) in [4.78, 5) is 51.0. The van der Waals surface area contributed by atoms with Crippen LogP contribution < -0.4 is 10.6 Å². The third-order valence-electron chi connectivity index (χ3n) is 4.79. The van der Waals surface area contributed by atoms with Crippen LogP contribution in [0.4, 0.5) is 9.80 Å². The van der Waals surface area contributed by atoms with Gasteiger partial charge < -0.3 is 15.4 Å². The molecule has 0 aliphatic carbocycles. The van der Waals surface area contributed by atoms with E-state index in [0.29, 0.717) is 26.6 Å². The standard InChI is InChI=1S/C21H20N4O5S/c1-4-30-18(27)17-12(2)8-16(31-17)23-15(26)11-25-19(28)21(3,24-20(25)29)14-7-5-6-13(9-14)10-22/h5-9H,4,11H2,1-3H3,(H,23,26)(H,24,29)/t21-/m0/s1. The quantitative estimate of drug-likeness (QED) is 0.525. The molecule has 10 heteroatoms. The van der Waals surface area contributed by atoms with Gasteiger partial charge in [0.25, 0.3) is 5.91 Å². The topological polar surface area (TPSA) is 129 Å². The summed E-state index contributed by atoms with van der Waals surface area (Å²) in [6.07, 6.45) is 0. The molecule has 2 N–H and O–H groups in total. The molecule has 1 aliphatic rings. The Morgan fingerprint density at radius 2 is 2.06 bits per heavy atom. The molecule has 1 aliphatic heterocycles. The van der Waals surface area contributed by atoms with E-state index in [1.54, 1.807) is 38.1 Å². The smallest absolute Gasteiger partial charge is 0.348 e. The Morgan fingerprint density at radius 3 is 2.74 bits per heavy atom. The van der Waals surface area contributed by atoms with E-state index in [1.165, 1.54) is 13.0 Å². The Balaban J connectivity index is 1.73. The van der Waals surface area contributed by atoms with E-state index in [0.717, 1.165) is 16.2 Å². The molecule has 9 nitrogen and oxygen atoms in total. The van der Waals surface area contributed by atoms with Gasteiger partial charge in [-0.2, -0.15) is 5.26 Å². The molecule has 2 heterocycles. The van der Waals surface area contributed by atoms with Gasteiger partial charge in [-0.05, 0) is 50.1 Å². The Hall–Kier alpha value is -3.71. The second kappa shape index (κ2) is 8.57. The third kappa shape index (κ3) is 4.27. The van der Waals surface area contributed by atoms with Gasteiger partial charge in [0.1, 0.15) is 17.0 Å². The maximum absolute atomic E-state index is 13.0. The molecule has 0 spiro atoms. The van der Waals surface area contributed by atoms with Crippen molar-refractivity contribution >= 4 is 40.2 Å². The number of anilines is 1. The average Bonchev–Trinajstić information content (AvgIpc) is 3.20. The number of carbonyl (C=O) groups excluding carboxylic acids is 4. The van der Waals surface area contributed by atoms with Crippen LogP contribution in [-0.2, 0) is 19.9 Å². The summed E-state index contributed by atoms with van der Waals surface area (Å²) in [7, 11) is 0. The molecule has 3 rings (SSSR count). The largest absolute Gasteiger partial charge is 0.462 e. The maximum Gasteiger partial charge on any atom is 0.348 e. The summed E-state index contributed by atoms with van der Waals surface area (Å²) < 4.78 is 4.98. The Labute approximate surface area is 182 Å². The minimum atomic E-state index is -1.39. The molecular formula is C21H20N4O5S. The fourth-order valence-corrected chi connectivity index (χ4v) is 4.18. The van der Waals surface area contributed by atoms with Crippen LogP contribution in [0.15, 0.2) is 30.3 Å². The van der Waals surface area contributed by atoms with Crippen molar-refractivity contribution in [2.45, 2.75) is 26.3 Å². The van der Waals surface area contributed by atoms with Crippen molar-refractivity contribution in [3.05, 3.63) is 51.9 Å². The first-order chi connectivity index (χ1) is 14.7. The predicted octanol–water partition coefficient (Wildman–Crippen LogP) is 2.51. The Kier molecular flexibility index (Phi) is 6.08. The number of nitrogens with one attached hydrogen (secondary N) is 2. The molecule has 1 aromatic heterocycles. The lowest BCUT2D eigenvalue weighted by Gasteiger charge is -2.22. The molecule has 31 heavy (non-hydrogen) atoms. The number of rotatable bonds is 6. The molecule has 160 valence electrons. The van der Waals surface area contributed by atoms with Crippen molar-refractivity contribution in [2.24, 2.45) is 0 Å². The molecular weight excluding hydrogens is 420 g/mol. The maximum atomic E-state index is 13.0. The fraction of sp³-hybridized carbons (Fsp3) is 0.286. The minimum Gasteiger partial charge on any atom is -0.462 e. The number of thiophene rings is 1. The number of carbonyl (C=O) groups is 4. The summed E-state index contributed by atoms with van der Waals surface area (Å²) in [6, 6.07) is 9.27. The summed E-state index contributed by atoms with van der Waals surface area (Å²) in [5, 5.41) is 14.7. The second-order valence-corrected chi connectivity index (χ2v) is 8.08. The average molecular weight is 440 g/mol. The van der Waals surface area contributed by atoms with Gasteiger partial charge in [0, 0.05) is 0 Å². The number of benzene rings is 1. The van der Waals surface area contributed by atoms with Crippen LogP contribution in [0.2, 0.25) is 0 Å². The molecule has 0 radical (unpaired) electrons. The molecule has 1 atom stereocenters. The van der Waals surface area contributed by atoms with Gasteiger partial charge in [-0.15, -0.1) is 11.3 Å². The normalized spacial score (nSPS) is 17.8. The first kappa shape index (κ1) is 22.0. The van der Waals surface area contributed by atoms with Crippen molar-refractivity contribution in [3.63, 3.8) is 0 Å². The van der Waals surface area contributed by atoms with Crippen LogP contribution in [0.25, 0.3) is 0 Å². The summed E-state index contributed by atoms with van der Waals surface area (Å²) in [5.41, 5.74) is 0.0581. The summed E-state index contributed by atoms with van der Waals surface area (Å²) >= 11 is 1.06. The van der Waals surface area contributed by atoms with E-state index in [9.17, 15) is 19.2 Å². The first-order valence-electron chi connectivity index (χ1n) is 9.41. The second-order valence-electron chi connectivity index (χ2n) is 7.03. The zero-order valence-corrected chi connectivity index (χ0v) is 18.0. The molecule has 0 unspecified atom stereocenters. The SMILES string of the molecule is CCOC(=O)c1sc(NC(=O)CN2C(=O)N[C@@](C)(c3cccc(C#N)c3)C2=O)cc1C. The van der Waals surface area contributed by atoms with Crippen LogP contribution in [-0.4, -0.2) is 41.9 Å². The van der Waals surface area contributed by atoms with Crippen LogP contribution in [0, 0.1) is 18.3 Å². The summed E-state index contributed by atoms with van der Waals surface area (Å²) in [6.45, 7) is 4.68. The third-order valence-corrected chi connectivity index (χ3v) is 5.92. The number of ether oxygens (including phenoxy) is 1. The highest BCUT2D eigenvalue weighted by molar-refractivity contribution is 7.18. The summed E-state index contributed by atoms with van der Waals surface area (Å²) in [5.74, 6) is -1.66. The van der Waals surface area contributed by atoms with E-state index in [2.05, 4.69) is 10.6 Å². The number of amides is 4. The van der Waals surface area contributed by atoms with E-state index >= 15 is 0 Å². The highest BCUT2D eigenvalue weighted by Gasteiger charge is 2.49. The zero-order chi connectivity index (χ0) is 22.8. The van der Waals surface area contributed by atoms with Crippen LogP contribution in [0.5, 0.6) is 0 Å². The molecule has 4 amide bonds. The van der Waals surface area contributed by atoms with Crippen LogP contribution in [0.3, 0.4) is 0 Å². The number of nitriles is 1. The van der Waals surface area contributed by atoms with Crippen molar-refractivity contribution in [2.75, 3.05) is 18.5 Å². The van der Waals surface area contributed by atoms with Crippen molar-refractivity contribution < 1.29 is 23.9 Å². The van der Waals surface area contributed by atoms with Gasteiger partial charge in [-0.3, -0.25) is 14.5 Å². The molecule has 1 aromatic carbocycles. The molecule has 2 aromatic rings. The minimum absolute atomic E-state index is 0.236. The molecule has 0 bridgehead atoms. The van der Waals surface area contributed by atoms with Crippen LogP contribution in [0.1, 0.15) is 40.2 Å². The van der Waals surface area contributed by atoms with Crippen molar-refractivity contribution in [1.29, 1.82) is 5.26 Å². The zero-order valence-electron chi connectivity index (χ0n) is 17.1. The lowest BCUT2D eigenvalue weighted by molar-refractivity contribution is -0.133. The molecule has 1 saturated heterocycles. The van der Waals surface area contributed by atoms with E-state index in [-0.39, 0.29) is 6.61 Å². The number of esters is 1. The molecule has 0 saturated carbocycles. The lowest BCUT2D eigenvalue weighted by Crippen LogP contribution is -2.42. The van der Waals surface area contributed by atoms with Gasteiger partial charge in [0.15, 0.2) is 0 Å². The van der Waals surface area contributed by atoms with Gasteiger partial charge in [0.2, 0.25) is 5.91 Å². The fourth-order valence-electron chi connectivity index (χ4n) is 3.20. The van der Waals surface area contributed by atoms with Gasteiger partial charge in [-0.25, -0.2) is 9.59 Å². The van der Waals surface area contributed by atoms with Gasteiger partial charge >= 0.3 is 12.0 Å². The van der Waals surface area contributed by atoms with Gasteiger partial charge in [0.05, 0.1) is 23.2 Å². The van der Waals surface area contributed by atoms with Crippen molar-refractivity contribution in [3.8, 4) is 6.07 Å². The Morgan fingerprint density at radius 1 is 1.32 bits per heavy atom. The molecule has 1 fully saturated rings. The predicted molar refractivity (Wildman–Crippen MR) is 112 cm³/mol. The monoisotopic (exact) mass is 440 g/mol.